The Kier molecular flexibility index (Phi) is 3.39. The van der Waals surface area contributed by atoms with E-state index in [1.54, 1.807) is 30.1 Å². The Bertz CT molecular complexity index is 742. The fourth-order valence-corrected chi connectivity index (χ4v) is 1.94. The standard InChI is InChI=1S/C13H12ClN5O/c1-20-12-6-9(4-5-15-12)7-16-13-17-11-3-2-10(14)8-19(11)18-13/h2-6,8H,7H2,1H3,(H,16,18). The average molecular weight is 290 g/mol. The van der Waals surface area contributed by atoms with Crippen LogP contribution in [0.4, 0.5) is 5.95 Å². The molecule has 0 aliphatic carbocycles. The molecule has 102 valence electrons. The number of methoxy groups -OCH3 is 1. The molecule has 6 nitrogen and oxygen atoms in total. The molecule has 0 saturated heterocycles. The lowest BCUT2D eigenvalue weighted by Crippen LogP contribution is -2.02. The molecule has 0 bridgehead atoms. The monoisotopic (exact) mass is 289 g/mol. The zero-order chi connectivity index (χ0) is 13.9. The summed E-state index contributed by atoms with van der Waals surface area (Å²) in [6.07, 6.45) is 3.41. The molecular formula is C13H12ClN5O. The summed E-state index contributed by atoms with van der Waals surface area (Å²) in [5.74, 6) is 1.13. The minimum absolute atomic E-state index is 0.544. The van der Waals surface area contributed by atoms with Crippen LogP contribution in [0.2, 0.25) is 5.02 Å². The summed E-state index contributed by atoms with van der Waals surface area (Å²) in [6.45, 7) is 0.587. The Hall–Kier alpha value is -2.34. The highest BCUT2D eigenvalue weighted by atomic mass is 35.5. The largest absolute Gasteiger partial charge is 0.481 e. The van der Waals surface area contributed by atoms with Crippen molar-refractivity contribution in [3.8, 4) is 5.88 Å². The average Bonchev–Trinajstić information content (AvgIpc) is 2.87. The van der Waals surface area contributed by atoms with Crippen molar-refractivity contribution in [1.29, 1.82) is 0 Å². The molecule has 7 heteroatoms. The van der Waals surface area contributed by atoms with E-state index in [9.17, 15) is 0 Å². The van der Waals surface area contributed by atoms with E-state index in [0.29, 0.717) is 23.4 Å². The van der Waals surface area contributed by atoms with E-state index < -0.39 is 0 Å². The molecule has 0 aliphatic rings. The fourth-order valence-electron chi connectivity index (χ4n) is 1.79. The molecule has 3 aromatic heterocycles. The first-order valence-electron chi connectivity index (χ1n) is 5.99. The smallest absolute Gasteiger partial charge is 0.243 e. The Labute approximate surface area is 120 Å². The van der Waals surface area contributed by atoms with Gasteiger partial charge in [0.1, 0.15) is 0 Å². The SMILES string of the molecule is COc1cc(CNc2nc3ccc(Cl)cn3n2)ccn1. The Morgan fingerprint density at radius 1 is 1.35 bits per heavy atom. The van der Waals surface area contributed by atoms with Gasteiger partial charge in [0.15, 0.2) is 5.65 Å². The third-order valence-electron chi connectivity index (χ3n) is 2.75. The lowest BCUT2D eigenvalue weighted by atomic mass is 10.2. The van der Waals surface area contributed by atoms with E-state index in [1.165, 1.54) is 0 Å². The van der Waals surface area contributed by atoms with Crippen LogP contribution in [0.3, 0.4) is 0 Å². The van der Waals surface area contributed by atoms with Crippen molar-refractivity contribution in [2.24, 2.45) is 0 Å². The van der Waals surface area contributed by atoms with Crippen molar-refractivity contribution in [3.63, 3.8) is 0 Å². The molecule has 1 N–H and O–H groups in total. The molecule has 3 rings (SSSR count). The van der Waals surface area contributed by atoms with Gasteiger partial charge in [0, 0.05) is 25.0 Å². The number of halogens is 1. The number of hydrogen-bond acceptors (Lipinski definition) is 5. The van der Waals surface area contributed by atoms with E-state index in [1.807, 2.05) is 18.2 Å². The number of nitrogens with zero attached hydrogens (tertiary/aromatic N) is 4. The summed E-state index contributed by atoms with van der Waals surface area (Å²) in [5, 5.41) is 8.06. The first-order valence-corrected chi connectivity index (χ1v) is 6.37. The van der Waals surface area contributed by atoms with E-state index in [0.717, 1.165) is 11.2 Å². The van der Waals surface area contributed by atoms with Crippen molar-refractivity contribution in [3.05, 3.63) is 47.2 Å². The topological polar surface area (TPSA) is 64.3 Å². The van der Waals surface area contributed by atoms with Crippen LogP contribution < -0.4 is 10.1 Å². The van der Waals surface area contributed by atoms with E-state index in [2.05, 4.69) is 20.4 Å². The van der Waals surface area contributed by atoms with Gasteiger partial charge in [-0.05, 0) is 23.8 Å². The van der Waals surface area contributed by atoms with Crippen LogP contribution in [0.15, 0.2) is 36.7 Å². The number of ether oxygens (including phenoxy) is 1. The highest BCUT2D eigenvalue weighted by Gasteiger charge is 2.04. The summed E-state index contributed by atoms with van der Waals surface area (Å²) < 4.78 is 6.72. The van der Waals surface area contributed by atoms with Crippen molar-refractivity contribution in [2.45, 2.75) is 6.54 Å². The minimum atomic E-state index is 0.544. The maximum Gasteiger partial charge on any atom is 0.243 e. The van der Waals surface area contributed by atoms with Crippen LogP contribution in [0.1, 0.15) is 5.56 Å². The molecule has 0 atom stereocenters. The molecule has 0 fully saturated rings. The number of fused-ring (bicyclic) bond motifs is 1. The number of aromatic nitrogens is 4. The predicted molar refractivity (Wildman–Crippen MR) is 76.1 cm³/mol. The number of hydrogen-bond donors (Lipinski definition) is 1. The second-order valence-corrected chi connectivity index (χ2v) is 4.58. The van der Waals surface area contributed by atoms with Crippen LogP contribution in [0.25, 0.3) is 5.65 Å². The highest BCUT2D eigenvalue weighted by Crippen LogP contribution is 2.13. The van der Waals surface area contributed by atoms with Crippen LogP contribution in [0.5, 0.6) is 5.88 Å². The quantitative estimate of drug-likeness (QED) is 0.799. The van der Waals surface area contributed by atoms with Gasteiger partial charge < -0.3 is 10.1 Å². The van der Waals surface area contributed by atoms with Gasteiger partial charge in [-0.2, -0.15) is 4.98 Å². The van der Waals surface area contributed by atoms with Gasteiger partial charge in [-0.25, -0.2) is 9.50 Å². The first-order chi connectivity index (χ1) is 9.74. The molecule has 3 aromatic rings. The van der Waals surface area contributed by atoms with E-state index in [-0.39, 0.29) is 0 Å². The van der Waals surface area contributed by atoms with Crippen molar-refractivity contribution < 1.29 is 4.74 Å². The first kappa shape index (κ1) is 12.7. The molecule has 0 spiro atoms. The van der Waals surface area contributed by atoms with Crippen molar-refractivity contribution in [1.82, 2.24) is 19.6 Å². The molecule has 0 aromatic carbocycles. The molecule has 3 heterocycles. The van der Waals surface area contributed by atoms with Crippen LogP contribution >= 0.6 is 11.6 Å². The highest BCUT2D eigenvalue weighted by molar-refractivity contribution is 6.30. The number of anilines is 1. The molecule has 0 saturated carbocycles. The zero-order valence-corrected chi connectivity index (χ0v) is 11.5. The molecule has 0 amide bonds. The Morgan fingerprint density at radius 2 is 2.25 bits per heavy atom. The van der Waals surface area contributed by atoms with Crippen LogP contribution in [0, 0.1) is 0 Å². The number of rotatable bonds is 4. The van der Waals surface area contributed by atoms with E-state index in [4.69, 9.17) is 16.3 Å². The third kappa shape index (κ3) is 2.65. The summed E-state index contributed by atoms with van der Waals surface area (Å²) in [4.78, 5) is 8.40. The molecular weight excluding hydrogens is 278 g/mol. The summed E-state index contributed by atoms with van der Waals surface area (Å²) in [6, 6.07) is 7.36. The molecule has 0 aliphatic heterocycles. The fraction of sp³-hybridized carbons (Fsp3) is 0.154. The van der Waals surface area contributed by atoms with E-state index >= 15 is 0 Å². The zero-order valence-electron chi connectivity index (χ0n) is 10.7. The summed E-state index contributed by atoms with van der Waals surface area (Å²) in [7, 11) is 1.59. The van der Waals surface area contributed by atoms with Gasteiger partial charge in [0.2, 0.25) is 11.8 Å². The molecule has 0 radical (unpaired) electrons. The van der Waals surface area contributed by atoms with Crippen molar-refractivity contribution in [2.75, 3.05) is 12.4 Å². The summed E-state index contributed by atoms with van der Waals surface area (Å²) in [5.41, 5.74) is 1.78. The predicted octanol–water partition coefficient (Wildman–Crippen LogP) is 2.40. The maximum absolute atomic E-state index is 5.90. The third-order valence-corrected chi connectivity index (χ3v) is 2.98. The van der Waals surface area contributed by atoms with Gasteiger partial charge in [-0.1, -0.05) is 11.6 Å². The van der Waals surface area contributed by atoms with Gasteiger partial charge in [-0.3, -0.25) is 0 Å². The second kappa shape index (κ2) is 5.34. The van der Waals surface area contributed by atoms with Gasteiger partial charge in [0.05, 0.1) is 12.1 Å². The van der Waals surface area contributed by atoms with Gasteiger partial charge in [0.25, 0.3) is 0 Å². The normalized spacial score (nSPS) is 10.7. The molecule has 20 heavy (non-hydrogen) atoms. The van der Waals surface area contributed by atoms with Crippen LogP contribution in [-0.4, -0.2) is 26.7 Å². The van der Waals surface area contributed by atoms with Crippen LogP contribution in [-0.2, 0) is 6.54 Å². The number of pyridine rings is 2. The minimum Gasteiger partial charge on any atom is -0.481 e. The van der Waals surface area contributed by atoms with Crippen molar-refractivity contribution >= 4 is 23.2 Å². The lowest BCUT2D eigenvalue weighted by Gasteiger charge is -2.03. The summed E-state index contributed by atoms with van der Waals surface area (Å²) >= 11 is 5.90. The lowest BCUT2D eigenvalue weighted by molar-refractivity contribution is 0.397. The maximum atomic E-state index is 5.90. The van der Waals surface area contributed by atoms with Gasteiger partial charge >= 0.3 is 0 Å². The molecule has 0 unspecified atom stereocenters. The second-order valence-electron chi connectivity index (χ2n) is 4.15. The Balaban J connectivity index is 1.76. The number of nitrogens with one attached hydrogen (secondary N) is 1. The van der Waals surface area contributed by atoms with Gasteiger partial charge in [-0.15, -0.1) is 5.10 Å². The Morgan fingerprint density at radius 3 is 3.10 bits per heavy atom.